The molecule has 1 aromatic carbocycles. The molecule has 2 N–H and O–H groups in total. The highest BCUT2D eigenvalue weighted by atomic mass is 15.3. The van der Waals surface area contributed by atoms with E-state index in [0.29, 0.717) is 12.0 Å². The maximum absolute atomic E-state index is 5.68. The first-order valence-electron chi connectivity index (χ1n) is 7.30. The zero-order valence-electron chi connectivity index (χ0n) is 11.7. The maximum Gasteiger partial charge on any atom is 0.0924 e. The summed E-state index contributed by atoms with van der Waals surface area (Å²) in [5.41, 5.74) is 9.39. The molecule has 2 heterocycles. The van der Waals surface area contributed by atoms with Crippen LogP contribution in [0.3, 0.4) is 0 Å². The zero-order chi connectivity index (χ0) is 14.2. The third-order valence-corrected chi connectivity index (χ3v) is 4.26. The van der Waals surface area contributed by atoms with Gasteiger partial charge in [0.05, 0.1) is 35.2 Å². The van der Waals surface area contributed by atoms with Crippen LogP contribution in [0.15, 0.2) is 42.9 Å². The fourth-order valence-corrected chi connectivity index (χ4v) is 2.88. The fourth-order valence-electron chi connectivity index (χ4n) is 2.88. The predicted octanol–water partition coefficient (Wildman–Crippen LogP) is 2.40. The standard InChI is InChI=1S/C16H17N5/c17-7-11-5-13(6-11)21-10-12(8-19-21)16-9-18-14-3-1-2-4-15(14)20-16/h1-4,8-11,13H,5-7,17H2/t11-,13-. The topological polar surface area (TPSA) is 69.6 Å². The number of benzene rings is 1. The highest BCUT2D eigenvalue weighted by Crippen LogP contribution is 2.37. The van der Waals surface area contributed by atoms with E-state index in [4.69, 9.17) is 5.73 Å². The fraction of sp³-hybridized carbons (Fsp3) is 0.312. The van der Waals surface area contributed by atoms with Crippen molar-refractivity contribution in [1.82, 2.24) is 19.7 Å². The van der Waals surface area contributed by atoms with Crippen molar-refractivity contribution in [2.75, 3.05) is 6.54 Å². The Bertz CT molecular complexity index is 773. The van der Waals surface area contributed by atoms with Gasteiger partial charge < -0.3 is 5.73 Å². The first kappa shape index (κ1) is 12.5. The number of fused-ring (bicyclic) bond motifs is 1. The van der Waals surface area contributed by atoms with Crippen LogP contribution in [-0.4, -0.2) is 26.3 Å². The van der Waals surface area contributed by atoms with Gasteiger partial charge in [-0.25, -0.2) is 4.98 Å². The van der Waals surface area contributed by atoms with E-state index >= 15 is 0 Å². The van der Waals surface area contributed by atoms with Gasteiger partial charge in [-0.2, -0.15) is 5.10 Å². The number of rotatable bonds is 3. The Hall–Kier alpha value is -2.27. The average molecular weight is 279 g/mol. The minimum atomic E-state index is 0.487. The van der Waals surface area contributed by atoms with Crippen LogP contribution in [-0.2, 0) is 0 Å². The molecule has 2 aromatic heterocycles. The summed E-state index contributed by atoms with van der Waals surface area (Å²) < 4.78 is 2.04. The van der Waals surface area contributed by atoms with Gasteiger partial charge in [0.1, 0.15) is 0 Å². The highest BCUT2D eigenvalue weighted by molar-refractivity contribution is 5.76. The van der Waals surface area contributed by atoms with E-state index in [1.807, 2.05) is 41.3 Å². The van der Waals surface area contributed by atoms with Crippen molar-refractivity contribution in [3.05, 3.63) is 42.9 Å². The van der Waals surface area contributed by atoms with Gasteiger partial charge >= 0.3 is 0 Å². The zero-order valence-corrected chi connectivity index (χ0v) is 11.7. The van der Waals surface area contributed by atoms with Gasteiger partial charge in [-0.15, -0.1) is 0 Å². The van der Waals surface area contributed by atoms with E-state index in [1.165, 1.54) is 0 Å². The monoisotopic (exact) mass is 279 g/mol. The molecule has 1 aliphatic rings. The third-order valence-electron chi connectivity index (χ3n) is 4.26. The number of nitrogens with two attached hydrogens (primary N) is 1. The summed E-state index contributed by atoms with van der Waals surface area (Å²) >= 11 is 0. The lowest BCUT2D eigenvalue weighted by molar-refractivity contribution is 0.190. The molecule has 0 aliphatic heterocycles. The van der Waals surface area contributed by atoms with Crippen LogP contribution < -0.4 is 5.73 Å². The first-order valence-corrected chi connectivity index (χ1v) is 7.30. The van der Waals surface area contributed by atoms with Crippen LogP contribution >= 0.6 is 0 Å². The molecular formula is C16H17N5. The maximum atomic E-state index is 5.68. The smallest absolute Gasteiger partial charge is 0.0924 e. The molecule has 1 saturated carbocycles. The normalized spacial score (nSPS) is 21.4. The second kappa shape index (κ2) is 4.93. The SMILES string of the molecule is NC[C@H]1C[C@H](n2cc(-c3cnc4ccccc4n3)cn2)C1. The van der Waals surface area contributed by atoms with Gasteiger partial charge in [-0.05, 0) is 37.4 Å². The van der Waals surface area contributed by atoms with Crippen molar-refractivity contribution in [2.24, 2.45) is 11.7 Å². The molecule has 0 spiro atoms. The van der Waals surface area contributed by atoms with Crippen molar-refractivity contribution in [3.63, 3.8) is 0 Å². The highest BCUT2D eigenvalue weighted by Gasteiger charge is 2.29. The summed E-state index contributed by atoms with van der Waals surface area (Å²) in [7, 11) is 0. The van der Waals surface area contributed by atoms with Gasteiger partial charge in [0.25, 0.3) is 0 Å². The van der Waals surface area contributed by atoms with Crippen molar-refractivity contribution in [1.29, 1.82) is 0 Å². The molecule has 5 nitrogen and oxygen atoms in total. The molecule has 21 heavy (non-hydrogen) atoms. The predicted molar refractivity (Wildman–Crippen MR) is 81.6 cm³/mol. The Morgan fingerprint density at radius 2 is 1.95 bits per heavy atom. The van der Waals surface area contributed by atoms with Crippen LogP contribution in [0.1, 0.15) is 18.9 Å². The first-order chi connectivity index (χ1) is 10.3. The number of hydrogen-bond donors (Lipinski definition) is 1. The molecule has 4 rings (SSSR count). The Labute approximate surface area is 122 Å². The van der Waals surface area contributed by atoms with Crippen molar-refractivity contribution < 1.29 is 0 Å². The quantitative estimate of drug-likeness (QED) is 0.799. The van der Waals surface area contributed by atoms with E-state index in [1.54, 1.807) is 0 Å². The second-order valence-electron chi connectivity index (χ2n) is 5.68. The lowest BCUT2D eigenvalue weighted by Gasteiger charge is -2.34. The molecule has 0 radical (unpaired) electrons. The third kappa shape index (κ3) is 2.19. The Kier molecular flexibility index (Phi) is 2.93. The van der Waals surface area contributed by atoms with Crippen molar-refractivity contribution in [3.8, 4) is 11.3 Å². The van der Waals surface area contributed by atoms with Gasteiger partial charge in [-0.1, -0.05) is 12.1 Å². The average Bonchev–Trinajstić information content (AvgIpc) is 2.95. The molecule has 0 atom stereocenters. The summed E-state index contributed by atoms with van der Waals surface area (Å²) in [6.07, 6.45) is 8.00. The number of para-hydroxylation sites is 2. The summed E-state index contributed by atoms with van der Waals surface area (Å²) in [6.45, 7) is 0.779. The van der Waals surface area contributed by atoms with E-state index in [2.05, 4.69) is 21.3 Å². The Morgan fingerprint density at radius 3 is 2.76 bits per heavy atom. The van der Waals surface area contributed by atoms with E-state index in [0.717, 1.165) is 41.7 Å². The summed E-state index contributed by atoms with van der Waals surface area (Å²) in [5, 5.41) is 4.47. The van der Waals surface area contributed by atoms with Gasteiger partial charge in [-0.3, -0.25) is 9.67 Å². The summed E-state index contributed by atoms with van der Waals surface area (Å²) in [5.74, 6) is 0.656. The van der Waals surface area contributed by atoms with E-state index < -0.39 is 0 Å². The molecule has 0 amide bonds. The number of hydrogen-bond acceptors (Lipinski definition) is 4. The Morgan fingerprint density at radius 1 is 1.14 bits per heavy atom. The van der Waals surface area contributed by atoms with Gasteiger partial charge in [0.15, 0.2) is 0 Å². The lowest BCUT2D eigenvalue weighted by Crippen LogP contribution is -2.32. The van der Waals surface area contributed by atoms with E-state index in [9.17, 15) is 0 Å². The van der Waals surface area contributed by atoms with Gasteiger partial charge in [0, 0.05) is 11.8 Å². The van der Waals surface area contributed by atoms with Gasteiger partial charge in [0.2, 0.25) is 0 Å². The van der Waals surface area contributed by atoms with Crippen molar-refractivity contribution >= 4 is 11.0 Å². The second-order valence-corrected chi connectivity index (χ2v) is 5.68. The van der Waals surface area contributed by atoms with Crippen molar-refractivity contribution in [2.45, 2.75) is 18.9 Å². The molecule has 0 unspecified atom stereocenters. The molecule has 1 aliphatic carbocycles. The molecule has 5 heteroatoms. The van der Waals surface area contributed by atoms with Crippen LogP contribution in [0.4, 0.5) is 0 Å². The number of aromatic nitrogens is 4. The molecule has 1 fully saturated rings. The minimum absolute atomic E-state index is 0.487. The minimum Gasteiger partial charge on any atom is -0.330 e. The summed E-state index contributed by atoms with van der Waals surface area (Å²) in [4.78, 5) is 9.11. The van der Waals surface area contributed by atoms with E-state index in [-0.39, 0.29) is 0 Å². The largest absolute Gasteiger partial charge is 0.330 e. The molecular weight excluding hydrogens is 262 g/mol. The van der Waals surface area contributed by atoms with Crippen LogP contribution in [0.2, 0.25) is 0 Å². The van der Waals surface area contributed by atoms with Crippen LogP contribution in [0, 0.1) is 5.92 Å². The molecule has 3 aromatic rings. The molecule has 0 saturated heterocycles. The lowest BCUT2D eigenvalue weighted by atomic mass is 9.80. The van der Waals surface area contributed by atoms with Crippen LogP contribution in [0.25, 0.3) is 22.3 Å². The molecule has 106 valence electrons. The Balaban J connectivity index is 1.62. The number of nitrogens with zero attached hydrogens (tertiary/aromatic N) is 4. The molecule has 0 bridgehead atoms. The summed E-state index contributed by atoms with van der Waals surface area (Å²) in [6, 6.07) is 8.39. The van der Waals surface area contributed by atoms with Crippen LogP contribution in [0.5, 0.6) is 0 Å².